The Bertz CT molecular complexity index is 396. The number of aromatic nitrogens is 1. The largest absolute Gasteiger partial charge is 0.361 e. The summed E-state index contributed by atoms with van der Waals surface area (Å²) in [5.41, 5.74) is 1.34. The lowest BCUT2D eigenvalue weighted by Gasteiger charge is -2.15. The minimum Gasteiger partial charge on any atom is -0.361 e. The second kappa shape index (κ2) is 6.57. The second-order valence-electron chi connectivity index (χ2n) is 5.26. The van der Waals surface area contributed by atoms with Gasteiger partial charge < -0.3 is 9.84 Å². The number of nitrogens with one attached hydrogen (secondary N) is 1. The Hall–Kier alpha value is -1.32. The van der Waals surface area contributed by atoms with Crippen molar-refractivity contribution in [3.63, 3.8) is 0 Å². The van der Waals surface area contributed by atoms with Crippen LogP contribution in [0.5, 0.6) is 0 Å². The molecule has 1 amide bonds. The molecule has 18 heavy (non-hydrogen) atoms. The predicted octanol–water partition coefficient (Wildman–Crippen LogP) is 3.10. The van der Waals surface area contributed by atoms with E-state index in [4.69, 9.17) is 4.52 Å². The van der Waals surface area contributed by atoms with E-state index >= 15 is 0 Å². The smallest absolute Gasteiger partial charge is 0.257 e. The fourth-order valence-electron chi connectivity index (χ4n) is 1.90. The van der Waals surface area contributed by atoms with Gasteiger partial charge in [-0.3, -0.25) is 4.79 Å². The van der Waals surface area contributed by atoms with Crippen molar-refractivity contribution < 1.29 is 9.32 Å². The Morgan fingerprint density at radius 1 is 1.33 bits per heavy atom. The van der Waals surface area contributed by atoms with Gasteiger partial charge in [0.1, 0.15) is 11.3 Å². The van der Waals surface area contributed by atoms with Gasteiger partial charge in [-0.25, -0.2) is 0 Å². The summed E-state index contributed by atoms with van der Waals surface area (Å²) in [5.74, 6) is 1.19. The van der Waals surface area contributed by atoms with Crippen molar-refractivity contribution in [2.24, 2.45) is 5.92 Å². The molecule has 1 heterocycles. The van der Waals surface area contributed by atoms with E-state index in [2.05, 4.69) is 24.3 Å². The molecule has 1 unspecified atom stereocenters. The van der Waals surface area contributed by atoms with Gasteiger partial charge in [0.25, 0.3) is 5.91 Å². The Balaban J connectivity index is 2.62. The van der Waals surface area contributed by atoms with Crippen molar-refractivity contribution >= 4 is 5.91 Å². The van der Waals surface area contributed by atoms with Gasteiger partial charge in [0.15, 0.2) is 0 Å². The molecule has 0 saturated carbocycles. The van der Waals surface area contributed by atoms with Crippen molar-refractivity contribution in [2.45, 2.75) is 59.9 Å². The van der Waals surface area contributed by atoms with E-state index in [-0.39, 0.29) is 11.9 Å². The highest BCUT2D eigenvalue weighted by Crippen LogP contribution is 2.14. The molecular weight excluding hydrogens is 228 g/mol. The van der Waals surface area contributed by atoms with Crippen LogP contribution >= 0.6 is 0 Å². The third-order valence-electron chi connectivity index (χ3n) is 3.05. The summed E-state index contributed by atoms with van der Waals surface area (Å²) in [4.78, 5) is 12.2. The van der Waals surface area contributed by atoms with Gasteiger partial charge in [0.2, 0.25) is 0 Å². The van der Waals surface area contributed by atoms with Gasteiger partial charge in [-0.2, -0.15) is 0 Å². The number of nitrogens with zero attached hydrogens (tertiary/aromatic N) is 1. The molecule has 0 spiro atoms. The lowest BCUT2D eigenvalue weighted by atomic mass is 10.0. The van der Waals surface area contributed by atoms with Gasteiger partial charge in [-0.1, -0.05) is 25.9 Å². The molecule has 1 N–H and O–H groups in total. The summed E-state index contributed by atoms with van der Waals surface area (Å²) in [6.45, 7) is 10.2. The molecule has 0 fully saturated rings. The SMILES string of the molecule is CCc1noc(C)c1C(=O)NC(C)CCC(C)C. The number of aryl methyl sites for hydroxylation is 2. The van der Waals surface area contributed by atoms with Crippen LogP contribution < -0.4 is 5.32 Å². The lowest BCUT2D eigenvalue weighted by Crippen LogP contribution is -2.33. The first kappa shape index (κ1) is 14.7. The van der Waals surface area contributed by atoms with Crippen LogP contribution in [0.3, 0.4) is 0 Å². The van der Waals surface area contributed by atoms with E-state index in [1.807, 2.05) is 13.8 Å². The molecule has 1 aromatic rings. The second-order valence-corrected chi connectivity index (χ2v) is 5.26. The van der Waals surface area contributed by atoms with Crippen LogP contribution in [0, 0.1) is 12.8 Å². The highest BCUT2D eigenvalue weighted by molar-refractivity contribution is 5.96. The summed E-state index contributed by atoms with van der Waals surface area (Å²) in [5, 5.41) is 6.92. The number of hydrogen-bond donors (Lipinski definition) is 1. The monoisotopic (exact) mass is 252 g/mol. The summed E-state index contributed by atoms with van der Waals surface area (Å²) in [6, 6.07) is 0.180. The standard InChI is InChI=1S/C14H24N2O2/c1-6-12-13(11(5)18-16-12)14(17)15-10(4)8-7-9(2)3/h9-10H,6-8H2,1-5H3,(H,15,17). The zero-order chi connectivity index (χ0) is 13.7. The molecule has 0 bridgehead atoms. The van der Waals surface area contributed by atoms with Crippen LogP contribution in [0.25, 0.3) is 0 Å². The number of rotatable bonds is 6. The maximum Gasteiger partial charge on any atom is 0.257 e. The molecular formula is C14H24N2O2. The molecule has 0 radical (unpaired) electrons. The van der Waals surface area contributed by atoms with Gasteiger partial charge in [0.05, 0.1) is 5.69 Å². The molecule has 0 aliphatic rings. The van der Waals surface area contributed by atoms with Gasteiger partial charge in [-0.15, -0.1) is 0 Å². The lowest BCUT2D eigenvalue weighted by molar-refractivity contribution is 0.0935. The fourth-order valence-corrected chi connectivity index (χ4v) is 1.90. The highest BCUT2D eigenvalue weighted by Gasteiger charge is 2.20. The maximum absolute atomic E-state index is 12.2. The van der Waals surface area contributed by atoms with Crippen molar-refractivity contribution in [1.29, 1.82) is 0 Å². The van der Waals surface area contributed by atoms with Crippen LogP contribution in [0.2, 0.25) is 0 Å². The van der Waals surface area contributed by atoms with E-state index in [9.17, 15) is 4.79 Å². The normalized spacial score (nSPS) is 12.8. The Labute approximate surface area is 109 Å². The molecule has 1 aromatic heterocycles. The Morgan fingerprint density at radius 3 is 2.56 bits per heavy atom. The minimum atomic E-state index is -0.0677. The Morgan fingerprint density at radius 2 is 2.00 bits per heavy atom. The third-order valence-corrected chi connectivity index (χ3v) is 3.05. The van der Waals surface area contributed by atoms with Gasteiger partial charge in [-0.05, 0) is 39.0 Å². The molecule has 4 nitrogen and oxygen atoms in total. The van der Waals surface area contributed by atoms with E-state index in [1.54, 1.807) is 6.92 Å². The van der Waals surface area contributed by atoms with E-state index in [1.165, 1.54) is 0 Å². The average Bonchev–Trinajstić information content (AvgIpc) is 2.67. The summed E-state index contributed by atoms with van der Waals surface area (Å²) in [7, 11) is 0. The van der Waals surface area contributed by atoms with Crippen LogP contribution in [0.1, 0.15) is 62.3 Å². The number of hydrogen-bond acceptors (Lipinski definition) is 3. The fraction of sp³-hybridized carbons (Fsp3) is 0.714. The third kappa shape index (κ3) is 3.86. The van der Waals surface area contributed by atoms with E-state index in [0.717, 1.165) is 18.5 Å². The highest BCUT2D eigenvalue weighted by atomic mass is 16.5. The van der Waals surface area contributed by atoms with Crippen molar-refractivity contribution in [2.75, 3.05) is 0 Å². The van der Waals surface area contributed by atoms with E-state index in [0.29, 0.717) is 23.7 Å². The van der Waals surface area contributed by atoms with Crippen LogP contribution in [0.15, 0.2) is 4.52 Å². The molecule has 4 heteroatoms. The topological polar surface area (TPSA) is 55.1 Å². The Kier molecular flexibility index (Phi) is 5.38. The maximum atomic E-state index is 12.2. The van der Waals surface area contributed by atoms with Crippen molar-refractivity contribution in [3.05, 3.63) is 17.0 Å². The van der Waals surface area contributed by atoms with Crippen LogP contribution in [-0.4, -0.2) is 17.1 Å². The van der Waals surface area contributed by atoms with Crippen LogP contribution in [-0.2, 0) is 6.42 Å². The number of carbonyl (C=O) groups is 1. The molecule has 0 aromatic carbocycles. The summed E-state index contributed by atoms with van der Waals surface area (Å²) in [6.07, 6.45) is 2.82. The first-order valence-electron chi connectivity index (χ1n) is 6.71. The molecule has 1 atom stereocenters. The van der Waals surface area contributed by atoms with Crippen molar-refractivity contribution in [1.82, 2.24) is 10.5 Å². The number of amides is 1. The zero-order valence-electron chi connectivity index (χ0n) is 12.0. The first-order chi connectivity index (χ1) is 8.45. The first-order valence-corrected chi connectivity index (χ1v) is 6.71. The van der Waals surface area contributed by atoms with Gasteiger partial charge >= 0.3 is 0 Å². The quantitative estimate of drug-likeness (QED) is 0.846. The van der Waals surface area contributed by atoms with Gasteiger partial charge in [0, 0.05) is 6.04 Å². The number of carbonyl (C=O) groups excluding carboxylic acids is 1. The zero-order valence-corrected chi connectivity index (χ0v) is 12.0. The molecule has 0 saturated heterocycles. The minimum absolute atomic E-state index is 0.0677. The molecule has 102 valence electrons. The van der Waals surface area contributed by atoms with Crippen LogP contribution in [0.4, 0.5) is 0 Å². The summed E-state index contributed by atoms with van der Waals surface area (Å²) < 4.78 is 5.08. The molecule has 0 aliphatic carbocycles. The molecule has 0 aliphatic heterocycles. The van der Waals surface area contributed by atoms with Crippen molar-refractivity contribution in [3.8, 4) is 0 Å². The predicted molar refractivity (Wildman–Crippen MR) is 71.6 cm³/mol. The average molecular weight is 252 g/mol. The molecule has 1 rings (SSSR count). The van der Waals surface area contributed by atoms with E-state index < -0.39 is 0 Å². The summed E-state index contributed by atoms with van der Waals surface area (Å²) >= 11 is 0.